The molecule has 2 atom stereocenters. The van der Waals surface area contributed by atoms with Crippen molar-refractivity contribution in [3.05, 3.63) is 69.7 Å². The summed E-state index contributed by atoms with van der Waals surface area (Å²) in [6.07, 6.45) is 0.489. The van der Waals surface area contributed by atoms with Crippen molar-refractivity contribution in [3.63, 3.8) is 0 Å². The van der Waals surface area contributed by atoms with E-state index in [0.717, 1.165) is 26.9 Å². The van der Waals surface area contributed by atoms with E-state index in [0.29, 0.717) is 26.1 Å². The summed E-state index contributed by atoms with van der Waals surface area (Å²) in [6.45, 7) is 4.46. The third-order valence-electron chi connectivity index (χ3n) is 4.51. The molecule has 1 heterocycles. The number of rotatable bonds is 8. The standard InChI is InChI=1S/C22H24BrNO4/c1-3-26-21(22(25)27-4-2)13-15-6-5-7-17(12-15)19-14-20(28-24-19)16-8-10-18(23)11-9-16/h5-12,20-21H,3-4,13-14H2,1-2H3. The number of oxime groups is 1. The number of carbonyl (C=O) groups is 1. The Bertz CT molecular complexity index is 835. The zero-order chi connectivity index (χ0) is 19.9. The Hall–Kier alpha value is -2.18. The number of ether oxygens (including phenoxy) is 2. The molecular weight excluding hydrogens is 422 g/mol. The molecule has 1 aliphatic rings. The van der Waals surface area contributed by atoms with Gasteiger partial charge in [0.25, 0.3) is 0 Å². The van der Waals surface area contributed by atoms with E-state index in [1.165, 1.54) is 0 Å². The predicted molar refractivity (Wildman–Crippen MR) is 111 cm³/mol. The molecule has 2 aromatic rings. The Kier molecular flexibility index (Phi) is 7.23. The van der Waals surface area contributed by atoms with Gasteiger partial charge in [-0.3, -0.25) is 0 Å². The third kappa shape index (κ3) is 5.20. The van der Waals surface area contributed by atoms with Gasteiger partial charge in [0.1, 0.15) is 0 Å². The van der Waals surface area contributed by atoms with Crippen molar-refractivity contribution in [2.24, 2.45) is 5.16 Å². The molecule has 0 saturated carbocycles. The van der Waals surface area contributed by atoms with Gasteiger partial charge in [-0.05, 0) is 48.7 Å². The van der Waals surface area contributed by atoms with E-state index in [1.54, 1.807) is 6.92 Å². The summed E-state index contributed by atoms with van der Waals surface area (Å²) >= 11 is 3.45. The highest BCUT2D eigenvalue weighted by Gasteiger charge is 2.25. The first-order valence-electron chi connectivity index (χ1n) is 9.46. The second kappa shape index (κ2) is 9.85. The van der Waals surface area contributed by atoms with E-state index in [-0.39, 0.29) is 12.1 Å². The van der Waals surface area contributed by atoms with E-state index in [1.807, 2.05) is 55.5 Å². The molecule has 1 aliphatic heterocycles. The zero-order valence-corrected chi connectivity index (χ0v) is 17.6. The Labute approximate surface area is 173 Å². The molecule has 2 aromatic carbocycles. The Morgan fingerprint density at radius 3 is 2.71 bits per heavy atom. The van der Waals surface area contributed by atoms with Crippen LogP contribution in [0.2, 0.25) is 0 Å². The van der Waals surface area contributed by atoms with Crippen molar-refractivity contribution in [2.45, 2.75) is 38.9 Å². The summed E-state index contributed by atoms with van der Waals surface area (Å²) in [5.41, 5.74) is 3.99. The fraction of sp³-hybridized carbons (Fsp3) is 0.364. The lowest BCUT2D eigenvalue weighted by Crippen LogP contribution is -2.29. The maximum atomic E-state index is 12.1. The maximum Gasteiger partial charge on any atom is 0.335 e. The van der Waals surface area contributed by atoms with Crippen LogP contribution in [-0.2, 0) is 25.5 Å². The molecular formula is C22H24BrNO4. The number of hydrogen-bond acceptors (Lipinski definition) is 5. The first kappa shape index (κ1) is 20.6. The van der Waals surface area contributed by atoms with Crippen LogP contribution in [-0.4, -0.2) is 31.0 Å². The van der Waals surface area contributed by atoms with Crippen LogP contribution in [0, 0.1) is 0 Å². The van der Waals surface area contributed by atoms with Gasteiger partial charge < -0.3 is 14.3 Å². The Balaban J connectivity index is 1.69. The summed E-state index contributed by atoms with van der Waals surface area (Å²) < 4.78 is 11.7. The van der Waals surface area contributed by atoms with Crippen LogP contribution in [0.3, 0.4) is 0 Å². The summed E-state index contributed by atoms with van der Waals surface area (Å²) in [6, 6.07) is 16.1. The van der Waals surface area contributed by atoms with Crippen molar-refractivity contribution >= 4 is 27.6 Å². The van der Waals surface area contributed by atoms with Gasteiger partial charge in [-0.15, -0.1) is 0 Å². The molecule has 5 nitrogen and oxygen atoms in total. The lowest BCUT2D eigenvalue weighted by molar-refractivity contribution is -0.156. The molecule has 0 N–H and O–H groups in total. The molecule has 28 heavy (non-hydrogen) atoms. The maximum absolute atomic E-state index is 12.1. The molecule has 0 fully saturated rings. The number of hydrogen-bond donors (Lipinski definition) is 0. The van der Waals surface area contributed by atoms with Gasteiger partial charge in [-0.25, -0.2) is 4.79 Å². The minimum absolute atomic E-state index is 0.0811. The van der Waals surface area contributed by atoms with E-state index >= 15 is 0 Å². The summed E-state index contributed by atoms with van der Waals surface area (Å²) in [5, 5.41) is 4.29. The first-order chi connectivity index (χ1) is 13.6. The second-order valence-corrected chi connectivity index (χ2v) is 7.40. The minimum Gasteiger partial charge on any atom is -0.464 e. The number of benzene rings is 2. The fourth-order valence-electron chi connectivity index (χ4n) is 3.14. The average molecular weight is 446 g/mol. The number of halogens is 1. The zero-order valence-electron chi connectivity index (χ0n) is 16.1. The van der Waals surface area contributed by atoms with E-state index in [4.69, 9.17) is 14.3 Å². The molecule has 0 spiro atoms. The van der Waals surface area contributed by atoms with Crippen LogP contribution in [0.5, 0.6) is 0 Å². The fourth-order valence-corrected chi connectivity index (χ4v) is 3.41. The topological polar surface area (TPSA) is 57.1 Å². The van der Waals surface area contributed by atoms with Gasteiger partial charge in [-0.2, -0.15) is 0 Å². The molecule has 0 bridgehead atoms. The smallest absolute Gasteiger partial charge is 0.335 e. The van der Waals surface area contributed by atoms with Crippen LogP contribution < -0.4 is 0 Å². The monoisotopic (exact) mass is 445 g/mol. The van der Waals surface area contributed by atoms with Gasteiger partial charge in [-0.1, -0.05) is 51.4 Å². The summed E-state index contributed by atoms with van der Waals surface area (Å²) in [5.74, 6) is -0.327. The van der Waals surface area contributed by atoms with Gasteiger partial charge in [0, 0.05) is 23.9 Å². The highest BCUT2D eigenvalue weighted by Crippen LogP contribution is 2.30. The summed E-state index contributed by atoms with van der Waals surface area (Å²) in [4.78, 5) is 17.8. The van der Waals surface area contributed by atoms with Gasteiger partial charge in [0.15, 0.2) is 12.2 Å². The van der Waals surface area contributed by atoms with Crippen molar-refractivity contribution in [1.82, 2.24) is 0 Å². The van der Waals surface area contributed by atoms with Crippen molar-refractivity contribution in [2.75, 3.05) is 13.2 Å². The minimum atomic E-state index is -0.600. The SMILES string of the molecule is CCOC(=O)C(Cc1cccc(C2=NOC(c3ccc(Br)cc3)C2)c1)OCC. The lowest BCUT2D eigenvalue weighted by Gasteiger charge is -2.16. The van der Waals surface area contributed by atoms with Gasteiger partial charge in [0.2, 0.25) is 0 Å². The number of nitrogens with zero attached hydrogens (tertiary/aromatic N) is 1. The van der Waals surface area contributed by atoms with Crippen LogP contribution in [0.15, 0.2) is 58.2 Å². The third-order valence-corrected chi connectivity index (χ3v) is 5.04. The van der Waals surface area contributed by atoms with Crippen molar-refractivity contribution < 1.29 is 19.1 Å². The molecule has 0 amide bonds. The molecule has 0 aromatic heterocycles. The molecule has 3 rings (SSSR count). The van der Waals surface area contributed by atoms with Gasteiger partial charge >= 0.3 is 5.97 Å². The largest absolute Gasteiger partial charge is 0.464 e. The predicted octanol–water partition coefficient (Wildman–Crippen LogP) is 4.83. The van der Waals surface area contributed by atoms with Crippen LogP contribution in [0.25, 0.3) is 0 Å². The van der Waals surface area contributed by atoms with Crippen LogP contribution in [0.1, 0.15) is 43.1 Å². The van der Waals surface area contributed by atoms with Crippen molar-refractivity contribution in [1.29, 1.82) is 0 Å². The lowest BCUT2D eigenvalue weighted by atomic mass is 9.97. The second-order valence-electron chi connectivity index (χ2n) is 6.49. The summed E-state index contributed by atoms with van der Waals surface area (Å²) in [7, 11) is 0. The van der Waals surface area contributed by atoms with E-state index < -0.39 is 6.10 Å². The Morgan fingerprint density at radius 2 is 2.00 bits per heavy atom. The average Bonchev–Trinajstić information content (AvgIpc) is 3.19. The Morgan fingerprint density at radius 1 is 1.21 bits per heavy atom. The highest BCUT2D eigenvalue weighted by molar-refractivity contribution is 9.10. The molecule has 0 aliphatic carbocycles. The first-order valence-corrected chi connectivity index (χ1v) is 10.3. The molecule has 0 saturated heterocycles. The normalized spacial score (nSPS) is 17.0. The molecule has 0 radical (unpaired) electrons. The molecule has 2 unspecified atom stereocenters. The number of carbonyl (C=O) groups excluding carboxylic acids is 1. The van der Waals surface area contributed by atoms with Crippen LogP contribution in [0.4, 0.5) is 0 Å². The van der Waals surface area contributed by atoms with Gasteiger partial charge in [0.05, 0.1) is 12.3 Å². The van der Waals surface area contributed by atoms with Crippen molar-refractivity contribution in [3.8, 4) is 0 Å². The van der Waals surface area contributed by atoms with E-state index in [2.05, 4.69) is 21.1 Å². The molecule has 148 valence electrons. The molecule has 6 heteroatoms. The number of esters is 1. The highest BCUT2D eigenvalue weighted by atomic mass is 79.9. The van der Waals surface area contributed by atoms with E-state index in [9.17, 15) is 4.79 Å². The van der Waals surface area contributed by atoms with Crippen LogP contribution >= 0.6 is 15.9 Å². The quantitative estimate of drug-likeness (QED) is 0.546.